The summed E-state index contributed by atoms with van der Waals surface area (Å²) in [6.07, 6.45) is 12.0. The number of ether oxygens (including phenoxy) is 5. The average Bonchev–Trinajstić information content (AvgIpc) is 3.48. The first-order valence-corrected chi connectivity index (χ1v) is 15.3. The Hall–Kier alpha value is -3.25. The molecule has 0 aliphatic carbocycles. The van der Waals surface area contributed by atoms with Crippen molar-refractivity contribution in [2.45, 2.75) is 51.4 Å². The Morgan fingerprint density at radius 2 is 1.26 bits per heavy atom. The second-order valence-electron chi connectivity index (χ2n) is 10.4. The van der Waals surface area contributed by atoms with Crippen LogP contribution in [0.15, 0.2) is 46.5 Å². The lowest BCUT2D eigenvalue weighted by Crippen LogP contribution is -2.36. The molecular formula is C32H48N4O7. The third-order valence-corrected chi connectivity index (χ3v) is 7.03. The van der Waals surface area contributed by atoms with Gasteiger partial charge in [0.15, 0.2) is 5.65 Å². The summed E-state index contributed by atoms with van der Waals surface area (Å²) in [5.41, 5.74) is 0.552. The number of fused-ring (bicyclic) bond motifs is 1. The van der Waals surface area contributed by atoms with E-state index in [1.165, 1.54) is 50.1 Å². The lowest BCUT2D eigenvalue weighted by molar-refractivity contribution is -0.00487. The topological polar surface area (TPSA) is 119 Å². The number of aromatic amines is 1. The molecule has 0 amide bonds. The predicted molar refractivity (Wildman–Crippen MR) is 168 cm³/mol. The van der Waals surface area contributed by atoms with Gasteiger partial charge in [-0.05, 0) is 43.5 Å². The first kappa shape index (κ1) is 34.2. The molecule has 0 aliphatic rings. The number of aromatic nitrogens is 4. The van der Waals surface area contributed by atoms with Crippen molar-refractivity contribution in [3.05, 3.63) is 57.8 Å². The summed E-state index contributed by atoms with van der Waals surface area (Å²) in [5.74, 6) is 1.19. The summed E-state index contributed by atoms with van der Waals surface area (Å²) in [6.45, 7) is 8.65. The Morgan fingerprint density at radius 3 is 1.86 bits per heavy atom. The van der Waals surface area contributed by atoms with Crippen LogP contribution in [0.5, 0.6) is 5.75 Å². The molecule has 0 spiro atoms. The molecule has 2 aromatic heterocycles. The Kier molecular flexibility index (Phi) is 15.8. The van der Waals surface area contributed by atoms with E-state index in [1.807, 2.05) is 30.3 Å². The molecule has 0 saturated heterocycles. The van der Waals surface area contributed by atoms with Gasteiger partial charge in [0, 0.05) is 26.3 Å². The summed E-state index contributed by atoms with van der Waals surface area (Å²) in [6, 6.07) is 7.33. The largest absolute Gasteiger partial charge is 0.491 e. The molecule has 43 heavy (non-hydrogen) atoms. The number of nitrogens with one attached hydrogen (secondary N) is 1. The molecule has 3 rings (SSSR count). The summed E-state index contributed by atoms with van der Waals surface area (Å²) < 4.78 is 30.4. The summed E-state index contributed by atoms with van der Waals surface area (Å²) in [4.78, 5) is 32.0. The number of rotatable bonds is 24. The van der Waals surface area contributed by atoms with Crippen LogP contribution in [0.3, 0.4) is 0 Å². The zero-order valence-corrected chi connectivity index (χ0v) is 25.8. The number of H-pyrrole nitrogens is 1. The molecule has 0 atom stereocenters. The highest BCUT2D eigenvalue weighted by atomic mass is 16.6. The summed E-state index contributed by atoms with van der Waals surface area (Å²) in [5, 5.41) is 0. The Bertz CT molecular complexity index is 1330. The first-order valence-electron chi connectivity index (χ1n) is 15.3. The van der Waals surface area contributed by atoms with Gasteiger partial charge in [0.05, 0.1) is 46.2 Å². The monoisotopic (exact) mass is 600 g/mol. The molecule has 0 fully saturated rings. The number of allylic oxidation sites excluding steroid dienone is 1. The van der Waals surface area contributed by atoms with E-state index in [0.717, 1.165) is 29.6 Å². The van der Waals surface area contributed by atoms with Crippen LogP contribution in [0.1, 0.15) is 51.4 Å². The highest BCUT2D eigenvalue weighted by Crippen LogP contribution is 2.21. The van der Waals surface area contributed by atoms with Crippen LogP contribution in [0, 0.1) is 0 Å². The molecule has 2 heterocycles. The Labute approximate surface area is 253 Å². The zero-order valence-electron chi connectivity index (χ0n) is 25.8. The van der Waals surface area contributed by atoms with Crippen molar-refractivity contribution >= 4 is 11.2 Å². The number of hydrogen-bond donors (Lipinski definition) is 1. The first-order chi connectivity index (χ1) is 21.0. The van der Waals surface area contributed by atoms with Crippen molar-refractivity contribution in [1.29, 1.82) is 0 Å². The number of nitrogens with zero attached hydrogens (tertiary/aromatic N) is 3. The smallest absolute Gasteiger partial charge is 0.332 e. The second kappa shape index (κ2) is 19.8. The fourth-order valence-corrected chi connectivity index (χ4v) is 4.53. The van der Waals surface area contributed by atoms with E-state index in [4.69, 9.17) is 23.7 Å². The minimum Gasteiger partial charge on any atom is -0.491 e. The molecule has 0 unspecified atom stereocenters. The third kappa shape index (κ3) is 11.7. The van der Waals surface area contributed by atoms with Crippen LogP contribution in [0.2, 0.25) is 0 Å². The Morgan fingerprint density at radius 1 is 0.721 bits per heavy atom. The van der Waals surface area contributed by atoms with E-state index in [-0.39, 0.29) is 5.52 Å². The number of aryl methyl sites for hydroxylation is 1. The maximum atomic E-state index is 12.4. The minimum atomic E-state index is -0.420. The van der Waals surface area contributed by atoms with E-state index in [2.05, 4.69) is 16.5 Å². The molecule has 1 N–H and O–H groups in total. The lowest BCUT2D eigenvalue weighted by atomic mass is 10.1. The summed E-state index contributed by atoms with van der Waals surface area (Å²) in [7, 11) is 3.03. The third-order valence-electron chi connectivity index (χ3n) is 7.03. The van der Waals surface area contributed by atoms with E-state index >= 15 is 0 Å². The lowest BCUT2D eigenvalue weighted by Gasteiger charge is -2.09. The van der Waals surface area contributed by atoms with Crippen molar-refractivity contribution in [2.24, 2.45) is 14.1 Å². The van der Waals surface area contributed by atoms with Gasteiger partial charge in [0.2, 0.25) is 0 Å². The van der Waals surface area contributed by atoms with Crippen molar-refractivity contribution < 1.29 is 23.7 Å². The van der Waals surface area contributed by atoms with Gasteiger partial charge in [-0.1, -0.05) is 38.2 Å². The van der Waals surface area contributed by atoms with Crippen molar-refractivity contribution in [3.8, 4) is 17.1 Å². The molecule has 11 nitrogen and oxygen atoms in total. The number of unbranched alkanes of at least 4 members (excludes halogenated alkanes) is 7. The molecule has 0 radical (unpaired) electrons. The van der Waals surface area contributed by atoms with Gasteiger partial charge in [0.25, 0.3) is 5.56 Å². The van der Waals surface area contributed by atoms with Gasteiger partial charge in [-0.15, -0.1) is 6.58 Å². The van der Waals surface area contributed by atoms with E-state index < -0.39 is 11.2 Å². The SMILES string of the molecule is C=CCCCCCCCCCOCCOCCOCCOCCOc1ccc(-c2nc3c([nH]2)c(=O)n(C)c(=O)n3C)cc1. The quantitative estimate of drug-likeness (QED) is 0.119. The zero-order chi connectivity index (χ0) is 30.7. The minimum absolute atomic E-state index is 0.288. The van der Waals surface area contributed by atoms with Crippen LogP contribution in [-0.4, -0.2) is 78.6 Å². The standard InChI is InChI=1S/C32H48N4O7/c1-4-5-6-7-8-9-10-11-12-17-39-18-19-40-20-21-41-22-23-42-24-25-43-27-15-13-26(14-16-27)29-33-28-30(34-29)35(2)32(38)36(3)31(28)37/h4,13-16H,1,5-12,17-25H2,2-3H3,(H,33,34). The number of hydrogen-bond acceptors (Lipinski definition) is 8. The van der Waals surface area contributed by atoms with Gasteiger partial charge >= 0.3 is 5.69 Å². The molecule has 0 bridgehead atoms. The van der Waals surface area contributed by atoms with Crippen LogP contribution in [-0.2, 0) is 33.0 Å². The average molecular weight is 601 g/mol. The maximum Gasteiger partial charge on any atom is 0.332 e. The Balaban J connectivity index is 1.14. The van der Waals surface area contributed by atoms with E-state index in [0.29, 0.717) is 70.1 Å². The predicted octanol–water partition coefficient (Wildman–Crippen LogP) is 4.38. The van der Waals surface area contributed by atoms with Crippen LogP contribution < -0.4 is 16.0 Å². The van der Waals surface area contributed by atoms with Crippen LogP contribution >= 0.6 is 0 Å². The fourth-order valence-electron chi connectivity index (χ4n) is 4.53. The van der Waals surface area contributed by atoms with Gasteiger partial charge in [-0.3, -0.25) is 13.9 Å². The van der Waals surface area contributed by atoms with Crippen LogP contribution in [0.4, 0.5) is 0 Å². The summed E-state index contributed by atoms with van der Waals surface area (Å²) >= 11 is 0. The molecular weight excluding hydrogens is 552 g/mol. The van der Waals surface area contributed by atoms with Crippen LogP contribution in [0.25, 0.3) is 22.6 Å². The molecule has 238 valence electrons. The van der Waals surface area contributed by atoms with E-state index in [1.54, 1.807) is 7.05 Å². The highest BCUT2D eigenvalue weighted by Gasteiger charge is 2.14. The van der Waals surface area contributed by atoms with Gasteiger partial charge < -0.3 is 28.7 Å². The maximum absolute atomic E-state index is 12.4. The fraction of sp³-hybridized carbons (Fsp3) is 0.594. The molecule has 11 heteroatoms. The van der Waals surface area contributed by atoms with Gasteiger partial charge in [-0.2, -0.15) is 0 Å². The molecule has 0 aliphatic heterocycles. The molecule has 1 aromatic carbocycles. The number of benzene rings is 1. The normalized spacial score (nSPS) is 11.4. The molecule has 0 saturated carbocycles. The number of imidazole rings is 1. The van der Waals surface area contributed by atoms with Gasteiger partial charge in [0.1, 0.15) is 23.7 Å². The highest BCUT2D eigenvalue weighted by molar-refractivity contribution is 5.75. The van der Waals surface area contributed by atoms with Gasteiger partial charge in [-0.25, -0.2) is 9.78 Å². The second-order valence-corrected chi connectivity index (χ2v) is 10.4. The van der Waals surface area contributed by atoms with Crippen molar-refractivity contribution in [3.63, 3.8) is 0 Å². The van der Waals surface area contributed by atoms with Crippen molar-refractivity contribution in [2.75, 3.05) is 59.5 Å². The molecule has 3 aromatic rings. The van der Waals surface area contributed by atoms with E-state index in [9.17, 15) is 9.59 Å². The van der Waals surface area contributed by atoms with Crippen molar-refractivity contribution in [1.82, 2.24) is 19.1 Å².